The summed E-state index contributed by atoms with van der Waals surface area (Å²) in [5.74, 6) is -0.440. The van der Waals surface area contributed by atoms with E-state index < -0.39 is 14.9 Å². The average Bonchev–Trinajstić information content (AvgIpc) is 3.27. The van der Waals surface area contributed by atoms with Gasteiger partial charge in [0.25, 0.3) is 5.91 Å². The number of para-hydroxylation sites is 1. The van der Waals surface area contributed by atoms with Crippen molar-refractivity contribution in [3.63, 3.8) is 0 Å². The van der Waals surface area contributed by atoms with Crippen LogP contribution < -0.4 is 15.5 Å². The molecule has 4 rings (SSSR count). The van der Waals surface area contributed by atoms with Crippen LogP contribution in [-0.2, 0) is 26.0 Å². The SMILES string of the molecule is CC(=O)NC1Cc2ccccc2N(C(=O)C2(CN(C)S(=O)(=O)c3ccc(Br)cc3)NC=CS2)C1. The molecule has 34 heavy (non-hydrogen) atoms. The third-order valence-corrected chi connectivity index (χ3v) is 9.21. The van der Waals surface area contributed by atoms with Gasteiger partial charge in [-0.2, -0.15) is 4.31 Å². The third kappa shape index (κ3) is 4.88. The van der Waals surface area contributed by atoms with Crippen LogP contribution in [0.25, 0.3) is 0 Å². The summed E-state index contributed by atoms with van der Waals surface area (Å²) in [6, 6.07) is 13.7. The number of carbonyl (C=O) groups excluding carboxylic acids is 2. The van der Waals surface area contributed by atoms with Gasteiger partial charge in [0.2, 0.25) is 15.9 Å². The molecule has 2 aliphatic rings. The fourth-order valence-corrected chi connectivity index (χ4v) is 6.72. The first-order valence-electron chi connectivity index (χ1n) is 10.6. The predicted octanol–water partition coefficient (Wildman–Crippen LogP) is 2.67. The van der Waals surface area contributed by atoms with E-state index in [1.54, 1.807) is 28.6 Å². The molecule has 8 nitrogen and oxygen atoms in total. The van der Waals surface area contributed by atoms with Crippen LogP contribution in [-0.4, -0.2) is 55.6 Å². The van der Waals surface area contributed by atoms with Crippen LogP contribution in [0.4, 0.5) is 5.69 Å². The van der Waals surface area contributed by atoms with Crippen LogP contribution in [0.1, 0.15) is 12.5 Å². The highest BCUT2D eigenvalue weighted by molar-refractivity contribution is 9.10. The van der Waals surface area contributed by atoms with Gasteiger partial charge in [0, 0.05) is 36.9 Å². The highest BCUT2D eigenvalue weighted by atomic mass is 79.9. The first-order chi connectivity index (χ1) is 16.1. The third-order valence-electron chi connectivity index (χ3n) is 5.77. The molecule has 11 heteroatoms. The van der Waals surface area contributed by atoms with Gasteiger partial charge in [-0.25, -0.2) is 8.42 Å². The molecule has 2 unspecified atom stereocenters. The van der Waals surface area contributed by atoms with E-state index in [1.807, 2.05) is 24.3 Å². The van der Waals surface area contributed by atoms with Crippen molar-refractivity contribution in [2.45, 2.75) is 29.2 Å². The standard InChI is InChI=1S/C23H25BrN4O4S2/c1-16(29)26-19-13-17-5-3-4-6-21(17)28(14-19)22(30)23(25-11-12-33-23)15-27(2)34(31,32)20-9-7-18(24)8-10-20/h3-12,19,25H,13-15H2,1-2H3,(H,26,29). The van der Waals surface area contributed by atoms with Crippen molar-refractivity contribution >= 4 is 55.2 Å². The number of halogens is 1. The fourth-order valence-electron chi connectivity index (χ4n) is 4.19. The molecule has 0 spiro atoms. The van der Waals surface area contributed by atoms with Gasteiger partial charge in [0.05, 0.1) is 17.5 Å². The molecule has 0 radical (unpaired) electrons. The lowest BCUT2D eigenvalue weighted by Crippen LogP contribution is -2.61. The Labute approximate surface area is 211 Å². The second-order valence-electron chi connectivity index (χ2n) is 8.25. The zero-order chi connectivity index (χ0) is 24.5. The molecule has 2 heterocycles. The molecule has 2 amide bonds. The van der Waals surface area contributed by atoms with E-state index in [4.69, 9.17) is 0 Å². The van der Waals surface area contributed by atoms with Crippen molar-refractivity contribution in [3.8, 4) is 0 Å². The number of rotatable bonds is 6. The molecule has 2 aliphatic heterocycles. The van der Waals surface area contributed by atoms with E-state index in [-0.39, 0.29) is 29.3 Å². The molecule has 0 bridgehead atoms. The molecule has 2 atom stereocenters. The quantitative estimate of drug-likeness (QED) is 0.559. The number of carbonyl (C=O) groups is 2. The number of fused-ring (bicyclic) bond motifs is 1. The summed E-state index contributed by atoms with van der Waals surface area (Å²) in [5.41, 5.74) is 1.71. The van der Waals surface area contributed by atoms with E-state index in [0.29, 0.717) is 13.0 Å². The molecule has 0 aromatic heterocycles. The molecular weight excluding hydrogens is 540 g/mol. The molecule has 180 valence electrons. The highest BCUT2D eigenvalue weighted by Gasteiger charge is 2.47. The van der Waals surface area contributed by atoms with Gasteiger partial charge in [-0.05, 0) is 47.7 Å². The van der Waals surface area contributed by atoms with Crippen molar-refractivity contribution in [3.05, 3.63) is 70.2 Å². The Bertz CT molecular complexity index is 1230. The van der Waals surface area contributed by atoms with Gasteiger partial charge in [0.15, 0.2) is 4.87 Å². The summed E-state index contributed by atoms with van der Waals surface area (Å²) >= 11 is 4.56. The largest absolute Gasteiger partial charge is 0.367 e. The number of nitrogens with one attached hydrogen (secondary N) is 2. The smallest absolute Gasteiger partial charge is 0.265 e. The zero-order valence-corrected chi connectivity index (χ0v) is 21.9. The molecule has 0 fully saturated rings. The zero-order valence-electron chi connectivity index (χ0n) is 18.7. The first kappa shape index (κ1) is 24.8. The lowest BCUT2D eigenvalue weighted by molar-refractivity contribution is -0.123. The summed E-state index contributed by atoms with van der Waals surface area (Å²) in [7, 11) is -2.36. The Kier molecular flexibility index (Phi) is 7.09. The monoisotopic (exact) mass is 564 g/mol. The second-order valence-corrected chi connectivity index (χ2v) is 12.4. The van der Waals surface area contributed by atoms with Gasteiger partial charge in [-0.3, -0.25) is 9.59 Å². The van der Waals surface area contributed by atoms with Crippen LogP contribution in [0.3, 0.4) is 0 Å². The number of sulfonamides is 1. The number of anilines is 1. The Morgan fingerprint density at radius 1 is 1.24 bits per heavy atom. The summed E-state index contributed by atoms with van der Waals surface area (Å²) in [4.78, 5) is 26.3. The molecule has 2 N–H and O–H groups in total. The predicted molar refractivity (Wildman–Crippen MR) is 137 cm³/mol. The van der Waals surface area contributed by atoms with Crippen molar-refractivity contribution in [1.29, 1.82) is 0 Å². The number of likely N-dealkylation sites (N-methyl/N-ethyl adjacent to an activating group) is 1. The lowest BCUT2D eigenvalue weighted by atomic mass is 9.97. The van der Waals surface area contributed by atoms with Crippen molar-refractivity contribution < 1.29 is 18.0 Å². The molecule has 2 aromatic carbocycles. The number of nitrogens with zero attached hydrogens (tertiary/aromatic N) is 2. The summed E-state index contributed by atoms with van der Waals surface area (Å²) in [6.45, 7) is 1.66. The van der Waals surface area contributed by atoms with E-state index in [0.717, 1.165) is 15.7 Å². The van der Waals surface area contributed by atoms with Gasteiger partial charge in [-0.1, -0.05) is 45.9 Å². The second kappa shape index (κ2) is 9.73. The summed E-state index contributed by atoms with van der Waals surface area (Å²) in [5, 5.41) is 7.77. The number of thioether (sulfide) groups is 1. The minimum atomic E-state index is -3.83. The summed E-state index contributed by atoms with van der Waals surface area (Å²) in [6.07, 6.45) is 2.27. The van der Waals surface area contributed by atoms with Crippen molar-refractivity contribution in [1.82, 2.24) is 14.9 Å². The maximum Gasteiger partial charge on any atom is 0.265 e. The van der Waals surface area contributed by atoms with Crippen molar-refractivity contribution in [2.24, 2.45) is 0 Å². The van der Waals surface area contributed by atoms with Crippen LogP contribution in [0, 0.1) is 0 Å². The molecular formula is C23H25BrN4O4S2. The van der Waals surface area contributed by atoms with Gasteiger partial charge in [0.1, 0.15) is 0 Å². The van der Waals surface area contributed by atoms with Crippen LogP contribution in [0.15, 0.2) is 69.5 Å². The Morgan fingerprint density at radius 3 is 2.59 bits per heavy atom. The van der Waals surface area contributed by atoms with E-state index in [2.05, 4.69) is 26.6 Å². The summed E-state index contributed by atoms with van der Waals surface area (Å²) < 4.78 is 28.4. The molecule has 2 aromatic rings. The van der Waals surface area contributed by atoms with Crippen LogP contribution in [0.2, 0.25) is 0 Å². The number of hydrogen-bond acceptors (Lipinski definition) is 6. The number of hydrogen-bond donors (Lipinski definition) is 2. The maximum atomic E-state index is 14.0. The first-order valence-corrected chi connectivity index (χ1v) is 13.7. The van der Waals surface area contributed by atoms with Crippen molar-refractivity contribution in [2.75, 3.05) is 25.0 Å². The fraction of sp³-hybridized carbons (Fsp3) is 0.304. The number of amides is 2. The Hall–Kier alpha value is -2.34. The average molecular weight is 566 g/mol. The van der Waals surface area contributed by atoms with Gasteiger partial charge in [-0.15, -0.1) is 0 Å². The lowest BCUT2D eigenvalue weighted by Gasteiger charge is -2.40. The normalized spacial score (nSPS) is 21.8. The minimum Gasteiger partial charge on any atom is -0.367 e. The van der Waals surface area contributed by atoms with E-state index in [9.17, 15) is 18.0 Å². The van der Waals surface area contributed by atoms with E-state index in [1.165, 1.54) is 42.2 Å². The van der Waals surface area contributed by atoms with Gasteiger partial charge >= 0.3 is 0 Å². The van der Waals surface area contributed by atoms with Crippen LogP contribution in [0.5, 0.6) is 0 Å². The molecule has 0 saturated heterocycles. The van der Waals surface area contributed by atoms with Gasteiger partial charge < -0.3 is 15.5 Å². The Morgan fingerprint density at radius 2 is 1.94 bits per heavy atom. The highest BCUT2D eigenvalue weighted by Crippen LogP contribution is 2.36. The van der Waals surface area contributed by atoms with Crippen LogP contribution >= 0.6 is 27.7 Å². The minimum absolute atomic E-state index is 0.0919. The topological polar surface area (TPSA) is 98.8 Å². The number of benzene rings is 2. The van der Waals surface area contributed by atoms with E-state index >= 15 is 0 Å². The Balaban J connectivity index is 1.64. The molecule has 0 aliphatic carbocycles. The maximum absolute atomic E-state index is 14.0. The molecule has 0 saturated carbocycles.